The van der Waals surface area contributed by atoms with Crippen LogP contribution in [0.3, 0.4) is 0 Å². The van der Waals surface area contributed by atoms with Crippen molar-refractivity contribution >= 4 is 87.2 Å². The second-order valence-electron chi connectivity index (χ2n) is 23.5. The number of nitrogens with zero attached hydrogens (tertiary/aromatic N) is 16. The van der Waals surface area contributed by atoms with Gasteiger partial charge in [0, 0.05) is 65.3 Å². The van der Waals surface area contributed by atoms with Crippen molar-refractivity contribution in [3.63, 3.8) is 0 Å². The number of hydrogen-bond acceptors (Lipinski definition) is 12. The van der Waals surface area contributed by atoms with Gasteiger partial charge in [0.1, 0.15) is 11.4 Å². The SMILES string of the molecule is N#Cc1ccc2c(c1)c1cc(C#N)ccc1n2-c1nc(-n2c3ccc(C#N)cc3c3cc(C#N)ccc32)c(-n2c3ccc(C#N)cc3c3cc(C#N)ccc32)c(-c2ccccc2-c2nc(-c3ccccc3)nc(-c3ccccc3)n2)c1-n1c2ccc(C#N)cc2c2cc(C#N)ccc21. The lowest BCUT2D eigenvalue weighted by atomic mass is 9.95. The van der Waals surface area contributed by atoms with Crippen molar-refractivity contribution in [2.24, 2.45) is 0 Å². The van der Waals surface area contributed by atoms with Gasteiger partial charge in [-0.2, -0.15) is 42.1 Å². The summed E-state index contributed by atoms with van der Waals surface area (Å²) in [6.07, 6.45) is 0. The summed E-state index contributed by atoms with van der Waals surface area (Å²) in [5.41, 5.74) is 11.7. The summed E-state index contributed by atoms with van der Waals surface area (Å²) in [6, 6.07) is 89.5. The maximum Gasteiger partial charge on any atom is 0.165 e. The Labute approximate surface area is 556 Å². The molecule has 0 radical (unpaired) electrons. The molecular formula is C82H38N16. The Balaban J connectivity index is 1.20. The molecule has 0 aliphatic carbocycles. The fourth-order valence-corrected chi connectivity index (χ4v) is 13.9. The predicted molar refractivity (Wildman–Crippen MR) is 374 cm³/mol. The van der Waals surface area contributed by atoms with Gasteiger partial charge >= 0.3 is 0 Å². The molecule has 0 saturated heterocycles. The van der Waals surface area contributed by atoms with Crippen molar-refractivity contribution in [2.45, 2.75) is 0 Å². The molecule has 0 spiro atoms. The molecule has 11 aromatic carbocycles. The molecule has 0 saturated carbocycles. The van der Waals surface area contributed by atoms with Crippen LogP contribution in [0.2, 0.25) is 0 Å². The monoisotopic (exact) mass is 1250 g/mol. The Morgan fingerprint density at radius 1 is 0.224 bits per heavy atom. The van der Waals surface area contributed by atoms with Crippen molar-refractivity contribution < 1.29 is 0 Å². The Morgan fingerprint density at radius 2 is 0.459 bits per heavy atom. The highest BCUT2D eigenvalue weighted by Gasteiger charge is 2.35. The van der Waals surface area contributed by atoms with Gasteiger partial charge < -0.3 is 9.13 Å². The van der Waals surface area contributed by atoms with Crippen LogP contribution >= 0.6 is 0 Å². The van der Waals surface area contributed by atoms with E-state index in [0.717, 1.165) is 11.1 Å². The molecule has 0 unspecified atom stereocenters. The summed E-state index contributed by atoms with van der Waals surface area (Å²) >= 11 is 0. The van der Waals surface area contributed by atoms with Crippen molar-refractivity contribution in [1.82, 2.24) is 38.2 Å². The third kappa shape index (κ3) is 8.63. The average molecular weight is 1250 g/mol. The van der Waals surface area contributed by atoms with E-state index in [4.69, 9.17) is 19.9 Å². The van der Waals surface area contributed by atoms with E-state index >= 15 is 0 Å². The Bertz CT molecular complexity index is 6120. The smallest absolute Gasteiger partial charge is 0.165 e. The number of pyridine rings is 1. The summed E-state index contributed by atoms with van der Waals surface area (Å²) in [6.45, 7) is 0. The van der Waals surface area contributed by atoms with E-state index in [9.17, 15) is 42.1 Å². The summed E-state index contributed by atoms with van der Waals surface area (Å²) in [5, 5.41) is 90.5. The van der Waals surface area contributed by atoms with Gasteiger partial charge in [0.2, 0.25) is 0 Å². The van der Waals surface area contributed by atoms with E-state index in [0.29, 0.717) is 189 Å². The fourth-order valence-electron chi connectivity index (χ4n) is 13.9. The molecule has 0 N–H and O–H groups in total. The Morgan fingerprint density at radius 3 is 0.724 bits per heavy atom. The van der Waals surface area contributed by atoms with Crippen LogP contribution in [0.25, 0.3) is 156 Å². The van der Waals surface area contributed by atoms with Crippen LogP contribution < -0.4 is 0 Å². The number of benzene rings is 11. The third-order valence-electron chi connectivity index (χ3n) is 18.2. The molecule has 98 heavy (non-hydrogen) atoms. The number of hydrogen-bond donors (Lipinski definition) is 0. The van der Waals surface area contributed by atoms with Crippen LogP contribution in [0.5, 0.6) is 0 Å². The van der Waals surface area contributed by atoms with Crippen molar-refractivity contribution in [3.05, 3.63) is 275 Å². The third-order valence-corrected chi connectivity index (χ3v) is 18.2. The van der Waals surface area contributed by atoms with Gasteiger partial charge in [0.05, 0.1) is 137 Å². The molecule has 0 aliphatic rings. The minimum Gasteiger partial charge on any atom is -0.305 e. The lowest BCUT2D eigenvalue weighted by Gasteiger charge is -2.27. The fraction of sp³-hybridized carbons (Fsp3) is 0. The molecule has 446 valence electrons. The number of rotatable bonds is 8. The van der Waals surface area contributed by atoms with Gasteiger partial charge in [-0.05, 0) is 151 Å². The van der Waals surface area contributed by atoms with Crippen LogP contribution in [0.1, 0.15) is 44.5 Å². The molecule has 6 aromatic heterocycles. The van der Waals surface area contributed by atoms with E-state index in [1.165, 1.54) is 0 Å². The Kier molecular flexibility index (Phi) is 12.9. The molecule has 6 heterocycles. The van der Waals surface area contributed by atoms with Gasteiger partial charge in [0.25, 0.3) is 0 Å². The van der Waals surface area contributed by atoms with Gasteiger partial charge in [-0.25, -0.2) is 19.9 Å². The minimum atomic E-state index is 0.291. The van der Waals surface area contributed by atoms with Crippen LogP contribution in [0.4, 0.5) is 0 Å². The summed E-state index contributed by atoms with van der Waals surface area (Å²) in [5.74, 6) is 1.69. The van der Waals surface area contributed by atoms with Gasteiger partial charge in [0.15, 0.2) is 29.1 Å². The highest BCUT2D eigenvalue weighted by Crippen LogP contribution is 2.51. The highest BCUT2D eigenvalue weighted by molar-refractivity contribution is 6.17. The molecular weight excluding hydrogens is 1210 g/mol. The minimum absolute atomic E-state index is 0.291. The first-order valence-corrected chi connectivity index (χ1v) is 30.8. The second-order valence-corrected chi connectivity index (χ2v) is 23.5. The molecule has 0 bridgehead atoms. The van der Waals surface area contributed by atoms with Gasteiger partial charge in [-0.1, -0.05) is 84.9 Å². The summed E-state index contributed by atoms with van der Waals surface area (Å²) in [7, 11) is 0. The largest absolute Gasteiger partial charge is 0.305 e. The molecule has 0 aliphatic heterocycles. The predicted octanol–water partition coefficient (Wildman–Crippen LogP) is 17.3. The quantitative estimate of drug-likeness (QED) is 0.137. The van der Waals surface area contributed by atoms with Crippen LogP contribution in [-0.4, -0.2) is 38.2 Å². The first kappa shape index (κ1) is 56.7. The van der Waals surface area contributed by atoms with Crippen molar-refractivity contribution in [1.29, 1.82) is 42.1 Å². The summed E-state index contributed by atoms with van der Waals surface area (Å²) < 4.78 is 8.29. The molecule has 0 amide bonds. The molecule has 17 rings (SSSR count). The number of fused-ring (bicyclic) bond motifs is 12. The molecule has 16 nitrogen and oxygen atoms in total. The van der Waals surface area contributed by atoms with Gasteiger partial charge in [-0.15, -0.1) is 0 Å². The molecule has 0 atom stereocenters. The van der Waals surface area contributed by atoms with Crippen LogP contribution in [0.15, 0.2) is 231 Å². The lowest BCUT2D eigenvalue weighted by Crippen LogP contribution is -2.16. The summed E-state index contributed by atoms with van der Waals surface area (Å²) in [4.78, 5) is 22.3. The van der Waals surface area contributed by atoms with Crippen molar-refractivity contribution in [2.75, 3.05) is 0 Å². The topological polar surface area (TPSA) is 262 Å². The Hall–Kier alpha value is -15.3. The zero-order valence-electron chi connectivity index (χ0n) is 51.1. The normalized spacial score (nSPS) is 11.2. The zero-order valence-corrected chi connectivity index (χ0v) is 51.1. The molecule has 17 aromatic rings. The average Bonchev–Trinajstić information content (AvgIpc) is 0.947. The second kappa shape index (κ2) is 22.2. The molecule has 16 heteroatoms. The zero-order chi connectivity index (χ0) is 66.4. The van der Waals surface area contributed by atoms with E-state index < -0.39 is 0 Å². The lowest BCUT2D eigenvalue weighted by molar-refractivity contribution is 0.961. The van der Waals surface area contributed by atoms with Gasteiger partial charge in [-0.3, -0.25) is 9.13 Å². The maximum absolute atomic E-state index is 10.7. The number of nitriles is 8. The van der Waals surface area contributed by atoms with Crippen LogP contribution in [-0.2, 0) is 0 Å². The van der Waals surface area contributed by atoms with E-state index in [1.54, 1.807) is 72.8 Å². The first-order valence-electron chi connectivity index (χ1n) is 30.8. The maximum atomic E-state index is 10.7. The standard InChI is InChI=1S/C82H38N16/c83-39-47-15-23-67-59(31-47)60-32-48(40-84)16-24-68(60)95(67)76-75(57-13-7-8-14-58(57)80-92-78(55-9-3-1-4-10-55)91-79(93-80)56-11-5-2-6-12-56)77(96-69-25-17-49(41-85)33-61(69)62-34-50(42-86)18-26-70(62)96)82(98-73-29-21-53(45-89)37-65(73)66-38-54(46-90)22-30-74(66)98)94-81(76)97-71-27-19-51(43-87)35-63(71)64-36-52(44-88)20-28-72(64)97/h1-38H. The first-order chi connectivity index (χ1) is 48.2. The van der Waals surface area contributed by atoms with Crippen LogP contribution in [0, 0.1) is 90.6 Å². The van der Waals surface area contributed by atoms with E-state index in [2.05, 4.69) is 57.7 Å². The van der Waals surface area contributed by atoms with Crippen molar-refractivity contribution in [3.8, 4) is 117 Å². The number of aromatic nitrogens is 8. The molecule has 0 fully saturated rings. The highest BCUT2D eigenvalue weighted by atomic mass is 15.2. The van der Waals surface area contributed by atoms with E-state index in [-0.39, 0.29) is 0 Å². The van der Waals surface area contributed by atoms with E-state index in [1.807, 2.05) is 167 Å².